The van der Waals surface area contributed by atoms with Gasteiger partial charge in [-0.05, 0) is 30.7 Å². The largest absolute Gasteiger partial charge is 0.494 e. The molecule has 8 heteroatoms. The van der Waals surface area contributed by atoms with Gasteiger partial charge in [0.05, 0.1) is 30.1 Å². The number of fused-ring (bicyclic) bond motifs is 2. The molecule has 0 aliphatic heterocycles. The van der Waals surface area contributed by atoms with Crippen LogP contribution in [0.4, 0.5) is 0 Å². The molecule has 0 N–H and O–H groups in total. The highest BCUT2D eigenvalue weighted by Gasteiger charge is 2.20. The Bertz CT molecular complexity index is 1270. The zero-order valence-corrected chi connectivity index (χ0v) is 18.7. The van der Waals surface area contributed by atoms with E-state index in [0.29, 0.717) is 12.4 Å². The maximum Gasteiger partial charge on any atom is 0.337 e. The van der Waals surface area contributed by atoms with Gasteiger partial charge in [-0.15, -0.1) is 0 Å². The van der Waals surface area contributed by atoms with Crippen molar-refractivity contribution in [2.24, 2.45) is 0 Å². The zero-order valence-electron chi connectivity index (χ0n) is 17.9. The molecular weight excluding hydrogens is 420 g/mol. The molecule has 3 rings (SSSR count). The summed E-state index contributed by atoms with van der Waals surface area (Å²) in [6.07, 6.45) is 6.33. The van der Waals surface area contributed by atoms with E-state index in [1.807, 2.05) is 0 Å². The van der Waals surface area contributed by atoms with Gasteiger partial charge in [-0.1, -0.05) is 32.6 Å². The predicted octanol–water partition coefficient (Wildman–Crippen LogP) is 4.49. The van der Waals surface area contributed by atoms with Crippen LogP contribution in [0.3, 0.4) is 0 Å². The van der Waals surface area contributed by atoms with Gasteiger partial charge < -0.3 is 13.9 Å². The van der Waals surface area contributed by atoms with Crippen molar-refractivity contribution in [2.45, 2.75) is 43.9 Å². The summed E-state index contributed by atoms with van der Waals surface area (Å²) in [7, 11) is -2.44. The van der Waals surface area contributed by atoms with Crippen LogP contribution < -0.4 is 10.2 Å². The molecule has 3 aromatic rings. The van der Waals surface area contributed by atoms with Gasteiger partial charge in [-0.3, -0.25) is 4.79 Å². The normalized spacial score (nSPS) is 11.7. The molecule has 0 atom stereocenters. The quantitative estimate of drug-likeness (QED) is 0.271. The fourth-order valence-corrected chi connectivity index (χ4v) is 4.22. The molecule has 0 radical (unpaired) electrons. The van der Waals surface area contributed by atoms with Crippen LogP contribution in [0.15, 0.2) is 44.4 Å². The van der Waals surface area contributed by atoms with Crippen molar-refractivity contribution in [3.63, 3.8) is 0 Å². The average molecular weight is 447 g/mol. The van der Waals surface area contributed by atoms with Crippen molar-refractivity contribution in [1.82, 2.24) is 0 Å². The third-order valence-electron chi connectivity index (χ3n) is 5.05. The summed E-state index contributed by atoms with van der Waals surface area (Å²) in [6, 6.07) is 7.18. The van der Waals surface area contributed by atoms with Crippen molar-refractivity contribution in [3.05, 3.63) is 46.1 Å². The molecule has 1 heterocycles. The molecule has 0 fully saturated rings. The van der Waals surface area contributed by atoms with Gasteiger partial charge >= 0.3 is 5.97 Å². The fourth-order valence-electron chi connectivity index (χ4n) is 3.40. The lowest BCUT2D eigenvalue weighted by molar-refractivity contribution is 0.0601. The first kappa shape index (κ1) is 22.8. The third-order valence-corrected chi connectivity index (χ3v) is 6.15. The van der Waals surface area contributed by atoms with Gasteiger partial charge in [0.15, 0.2) is 15.4 Å². The van der Waals surface area contributed by atoms with E-state index in [1.165, 1.54) is 37.4 Å². The Kier molecular flexibility index (Phi) is 7.00. The van der Waals surface area contributed by atoms with Crippen molar-refractivity contribution in [2.75, 3.05) is 20.0 Å². The topological polar surface area (TPSA) is 99.9 Å². The molecule has 0 saturated carbocycles. The number of unbranched alkanes of at least 4 members (excludes halogenated alkanes) is 4. The highest BCUT2D eigenvalue weighted by molar-refractivity contribution is 7.91. The fraction of sp³-hybridized carbons (Fsp3) is 0.391. The van der Waals surface area contributed by atoms with Crippen molar-refractivity contribution in [3.8, 4) is 5.75 Å². The second kappa shape index (κ2) is 9.51. The first-order valence-corrected chi connectivity index (χ1v) is 12.1. The van der Waals surface area contributed by atoms with E-state index in [-0.39, 0.29) is 32.4 Å². The molecule has 2 aromatic carbocycles. The van der Waals surface area contributed by atoms with Crippen LogP contribution in [0.5, 0.6) is 5.75 Å². The van der Waals surface area contributed by atoms with Gasteiger partial charge in [-0.2, -0.15) is 0 Å². The summed E-state index contributed by atoms with van der Waals surface area (Å²) < 4.78 is 41.0. The molecule has 31 heavy (non-hydrogen) atoms. The number of hydrogen-bond donors (Lipinski definition) is 0. The van der Waals surface area contributed by atoms with Crippen LogP contribution >= 0.6 is 0 Å². The van der Waals surface area contributed by atoms with Crippen LogP contribution in [0, 0.1) is 0 Å². The van der Waals surface area contributed by atoms with E-state index >= 15 is 0 Å². The van der Waals surface area contributed by atoms with E-state index < -0.39 is 21.2 Å². The lowest BCUT2D eigenvalue weighted by Gasteiger charge is -2.11. The summed E-state index contributed by atoms with van der Waals surface area (Å²) >= 11 is 0. The molecule has 166 valence electrons. The van der Waals surface area contributed by atoms with Crippen molar-refractivity contribution in [1.29, 1.82) is 0 Å². The Hall–Kier alpha value is -2.87. The molecule has 0 spiro atoms. The molecule has 7 nitrogen and oxygen atoms in total. The molecule has 0 aliphatic carbocycles. The molecule has 1 aromatic heterocycles. The predicted molar refractivity (Wildman–Crippen MR) is 119 cm³/mol. The SMILES string of the molecule is CCCCCCCOc1cc(S(C)(=O)=O)c2oc3ccc(C(=O)OC)cc3c(=O)c2c1. The lowest BCUT2D eigenvalue weighted by atomic mass is 10.1. The zero-order chi connectivity index (χ0) is 22.6. The molecule has 0 amide bonds. The third kappa shape index (κ3) is 5.07. The number of hydrogen-bond acceptors (Lipinski definition) is 7. The minimum Gasteiger partial charge on any atom is -0.494 e. The van der Waals surface area contributed by atoms with E-state index in [4.69, 9.17) is 13.9 Å². The first-order chi connectivity index (χ1) is 14.8. The Labute approximate surface area is 180 Å². The average Bonchev–Trinajstić information content (AvgIpc) is 2.74. The Morgan fingerprint density at radius 2 is 1.77 bits per heavy atom. The summed E-state index contributed by atoms with van der Waals surface area (Å²) in [5.41, 5.74) is -0.0921. The van der Waals surface area contributed by atoms with Crippen LogP contribution in [-0.4, -0.2) is 34.4 Å². The molecule has 0 saturated heterocycles. The van der Waals surface area contributed by atoms with Crippen molar-refractivity contribution >= 4 is 37.7 Å². The maximum absolute atomic E-state index is 13.2. The number of benzene rings is 2. The van der Waals surface area contributed by atoms with E-state index in [1.54, 1.807) is 0 Å². The second-order valence-electron chi connectivity index (χ2n) is 7.47. The summed E-state index contributed by atoms with van der Waals surface area (Å²) in [5, 5.41) is 0.241. The first-order valence-electron chi connectivity index (χ1n) is 10.2. The molecule has 0 bridgehead atoms. The summed E-state index contributed by atoms with van der Waals surface area (Å²) in [5.74, 6) is -0.294. The monoisotopic (exact) mass is 446 g/mol. The Balaban J connectivity index is 2.09. The van der Waals surface area contributed by atoms with Crippen LogP contribution in [0.25, 0.3) is 21.9 Å². The van der Waals surface area contributed by atoms with E-state index in [9.17, 15) is 18.0 Å². The molecular formula is C23H26O7S. The summed E-state index contributed by atoms with van der Waals surface area (Å²) in [6.45, 7) is 2.56. The Morgan fingerprint density at radius 3 is 2.45 bits per heavy atom. The van der Waals surface area contributed by atoms with E-state index in [0.717, 1.165) is 38.4 Å². The van der Waals surface area contributed by atoms with Gasteiger partial charge in [0.25, 0.3) is 0 Å². The summed E-state index contributed by atoms with van der Waals surface area (Å²) in [4.78, 5) is 24.9. The van der Waals surface area contributed by atoms with Crippen LogP contribution in [0.1, 0.15) is 49.4 Å². The number of carbonyl (C=O) groups excluding carboxylic acids is 1. The number of rotatable bonds is 9. The van der Waals surface area contributed by atoms with E-state index in [2.05, 4.69) is 6.92 Å². The standard InChI is InChI=1S/C23H26O7S/c1-4-5-6-7-8-11-29-16-13-18-21(24)17-12-15(23(25)28-2)9-10-19(17)30-22(18)20(14-16)31(3,26)27/h9-10,12-14H,4-8,11H2,1-3H3. The van der Waals surface area contributed by atoms with Gasteiger partial charge in [0, 0.05) is 12.3 Å². The number of esters is 1. The van der Waals surface area contributed by atoms with Gasteiger partial charge in [0.1, 0.15) is 16.2 Å². The van der Waals surface area contributed by atoms with Crippen molar-refractivity contribution < 1.29 is 27.1 Å². The number of methoxy groups -OCH3 is 1. The highest BCUT2D eigenvalue weighted by atomic mass is 32.2. The van der Waals surface area contributed by atoms with Gasteiger partial charge in [0.2, 0.25) is 5.43 Å². The number of sulfone groups is 1. The van der Waals surface area contributed by atoms with Crippen LogP contribution in [-0.2, 0) is 14.6 Å². The lowest BCUT2D eigenvalue weighted by Crippen LogP contribution is -2.09. The second-order valence-corrected chi connectivity index (χ2v) is 9.45. The smallest absolute Gasteiger partial charge is 0.337 e. The number of carbonyl (C=O) groups is 1. The minimum atomic E-state index is -3.69. The maximum atomic E-state index is 13.2. The minimum absolute atomic E-state index is 0.0267. The Morgan fingerprint density at radius 1 is 1.03 bits per heavy atom. The number of ether oxygens (including phenoxy) is 2. The highest BCUT2D eigenvalue weighted by Crippen LogP contribution is 2.30. The van der Waals surface area contributed by atoms with Crippen LogP contribution in [0.2, 0.25) is 0 Å². The molecule has 0 unspecified atom stereocenters. The molecule has 0 aliphatic rings. The van der Waals surface area contributed by atoms with Gasteiger partial charge in [-0.25, -0.2) is 13.2 Å².